The van der Waals surface area contributed by atoms with Crippen LogP contribution < -0.4 is 24.6 Å². The summed E-state index contributed by atoms with van der Waals surface area (Å²) >= 11 is 3.53. The van der Waals surface area contributed by atoms with Crippen LogP contribution in [0.15, 0.2) is 53.1 Å². The lowest BCUT2D eigenvalue weighted by atomic mass is 10.0. The number of aromatic nitrogens is 2. The van der Waals surface area contributed by atoms with E-state index in [1.165, 1.54) is 4.90 Å². The van der Waals surface area contributed by atoms with Crippen LogP contribution in [-0.4, -0.2) is 53.4 Å². The number of likely N-dealkylation sites (tertiary alicyclic amines) is 1. The van der Waals surface area contributed by atoms with E-state index >= 15 is 0 Å². The fourth-order valence-electron chi connectivity index (χ4n) is 4.89. The average Bonchev–Trinajstić information content (AvgIpc) is 3.25. The molecule has 37 heavy (non-hydrogen) atoms. The van der Waals surface area contributed by atoms with Crippen molar-refractivity contribution in [3.05, 3.63) is 58.7 Å². The first kappa shape index (κ1) is 23.5. The van der Waals surface area contributed by atoms with Crippen molar-refractivity contribution in [1.82, 2.24) is 14.9 Å². The first-order chi connectivity index (χ1) is 17.9. The fourth-order valence-corrected chi connectivity index (χ4v) is 5.38. The molecule has 0 aliphatic carbocycles. The van der Waals surface area contributed by atoms with Gasteiger partial charge in [0, 0.05) is 61.0 Å². The van der Waals surface area contributed by atoms with Gasteiger partial charge in [-0.05, 0) is 40.2 Å². The summed E-state index contributed by atoms with van der Waals surface area (Å²) in [5, 5.41) is 12.2. The van der Waals surface area contributed by atoms with E-state index in [0.29, 0.717) is 49.2 Å². The fraction of sp³-hybridized carbons (Fsp3) is 0.308. The maximum absolute atomic E-state index is 13.1. The Labute approximate surface area is 222 Å². The van der Waals surface area contributed by atoms with Gasteiger partial charge in [-0.25, -0.2) is 9.78 Å². The van der Waals surface area contributed by atoms with Crippen LogP contribution in [0.1, 0.15) is 18.4 Å². The van der Waals surface area contributed by atoms with Crippen molar-refractivity contribution < 1.29 is 14.3 Å². The Hall–Kier alpha value is -3.88. The highest BCUT2D eigenvalue weighted by Gasteiger charge is 2.44. The molecule has 1 spiro atoms. The van der Waals surface area contributed by atoms with Crippen LogP contribution >= 0.6 is 15.9 Å². The molecular formula is C26H24BrN7O3. The molecule has 1 saturated heterocycles. The van der Waals surface area contributed by atoms with Gasteiger partial charge in [-0.1, -0.05) is 12.1 Å². The van der Waals surface area contributed by atoms with Gasteiger partial charge in [0.2, 0.25) is 5.95 Å². The Balaban J connectivity index is 1.18. The highest BCUT2D eigenvalue weighted by atomic mass is 79.9. The number of benzene rings is 2. The number of rotatable bonds is 4. The number of ether oxygens (including phenoxy) is 2. The third kappa shape index (κ3) is 4.32. The van der Waals surface area contributed by atoms with E-state index in [2.05, 4.69) is 42.2 Å². The number of piperidine rings is 1. The molecule has 6 rings (SSSR count). The number of nitrogens with zero attached hydrogens (tertiary/aromatic N) is 6. The van der Waals surface area contributed by atoms with E-state index in [4.69, 9.17) is 14.7 Å². The molecule has 1 aromatic heterocycles. The molecule has 188 valence electrons. The molecule has 0 bridgehead atoms. The molecule has 10 nitrogen and oxygen atoms in total. The predicted octanol–water partition coefficient (Wildman–Crippen LogP) is 4.65. The Kier molecular flexibility index (Phi) is 5.85. The van der Waals surface area contributed by atoms with Gasteiger partial charge in [-0.15, -0.1) is 0 Å². The molecule has 3 aliphatic rings. The minimum Gasteiger partial charge on any atom is -0.448 e. The summed E-state index contributed by atoms with van der Waals surface area (Å²) < 4.78 is 13.3. The van der Waals surface area contributed by atoms with Crippen LogP contribution in [0.3, 0.4) is 0 Å². The number of nitriles is 1. The van der Waals surface area contributed by atoms with Gasteiger partial charge in [0.1, 0.15) is 5.82 Å². The predicted molar refractivity (Wildman–Crippen MR) is 141 cm³/mol. The minimum atomic E-state index is -0.683. The summed E-state index contributed by atoms with van der Waals surface area (Å²) in [4.78, 5) is 27.6. The molecule has 1 N–H and O–H groups in total. The maximum Gasteiger partial charge on any atom is 0.330 e. The summed E-state index contributed by atoms with van der Waals surface area (Å²) in [6.07, 6.45) is 3.13. The lowest BCUT2D eigenvalue weighted by Gasteiger charge is -2.36. The molecule has 4 heterocycles. The number of carbonyl (C=O) groups is 1. The quantitative estimate of drug-likeness (QED) is 0.459. The molecule has 2 amide bonds. The van der Waals surface area contributed by atoms with E-state index in [9.17, 15) is 4.79 Å². The van der Waals surface area contributed by atoms with E-state index in [1.54, 1.807) is 18.1 Å². The standard InChI is InChI=1S/C26H24BrN7O3/c1-32-23-17(16-34(25(32)35)20-5-3-2-4-19(20)27)15-29-24(31-23)30-18-6-7-21-22(14-18)37-26(36-21)8-11-33(12-9-26)13-10-28/h2-7,14-15H,8-9,11-13,16H2,1H3,(H,29,30,31). The highest BCUT2D eigenvalue weighted by molar-refractivity contribution is 9.10. The normalized spacial score (nSPS) is 18.0. The van der Waals surface area contributed by atoms with Crippen molar-refractivity contribution >= 4 is 45.1 Å². The summed E-state index contributed by atoms with van der Waals surface area (Å²) in [5.74, 6) is 1.62. The van der Waals surface area contributed by atoms with Gasteiger partial charge in [0.15, 0.2) is 11.5 Å². The SMILES string of the molecule is CN1C(=O)N(c2ccccc2Br)Cc2cnc(Nc3ccc4c(c3)OC3(CCN(CC#N)CC3)O4)nc21. The van der Waals surface area contributed by atoms with E-state index in [0.717, 1.165) is 34.5 Å². The Morgan fingerprint density at radius 3 is 2.73 bits per heavy atom. The third-order valence-corrected chi connectivity index (χ3v) is 7.52. The van der Waals surface area contributed by atoms with Crippen molar-refractivity contribution in [3.8, 4) is 17.6 Å². The lowest BCUT2D eigenvalue weighted by Crippen LogP contribution is -2.49. The molecule has 2 aromatic carbocycles. The first-order valence-corrected chi connectivity index (χ1v) is 12.8. The molecule has 11 heteroatoms. The Morgan fingerprint density at radius 2 is 1.95 bits per heavy atom. The topological polar surface area (TPSA) is 107 Å². The molecule has 3 aliphatic heterocycles. The largest absolute Gasteiger partial charge is 0.448 e. The molecule has 0 unspecified atom stereocenters. The number of carbonyl (C=O) groups excluding carboxylic acids is 1. The third-order valence-electron chi connectivity index (χ3n) is 6.85. The Bertz CT molecular complexity index is 1420. The van der Waals surface area contributed by atoms with Crippen LogP contribution in [0.25, 0.3) is 0 Å². The van der Waals surface area contributed by atoms with E-state index in [1.807, 2.05) is 42.5 Å². The van der Waals surface area contributed by atoms with Crippen molar-refractivity contribution in [3.63, 3.8) is 0 Å². The van der Waals surface area contributed by atoms with Crippen molar-refractivity contribution in [2.75, 3.05) is 41.8 Å². The van der Waals surface area contributed by atoms with Gasteiger partial charge >= 0.3 is 6.03 Å². The maximum atomic E-state index is 13.1. The monoisotopic (exact) mass is 561 g/mol. The molecule has 0 radical (unpaired) electrons. The first-order valence-electron chi connectivity index (χ1n) is 12.0. The number of halogens is 1. The molecule has 0 saturated carbocycles. The number of hydrogen-bond donors (Lipinski definition) is 1. The van der Waals surface area contributed by atoms with Gasteiger partial charge in [0.25, 0.3) is 5.79 Å². The number of fused-ring (bicyclic) bond motifs is 2. The zero-order chi connectivity index (χ0) is 25.6. The van der Waals surface area contributed by atoms with Crippen molar-refractivity contribution in [1.29, 1.82) is 5.26 Å². The molecule has 1 fully saturated rings. The van der Waals surface area contributed by atoms with E-state index < -0.39 is 5.79 Å². The van der Waals surface area contributed by atoms with Crippen molar-refractivity contribution in [2.24, 2.45) is 0 Å². The van der Waals surface area contributed by atoms with Gasteiger partial charge in [0.05, 0.1) is 24.8 Å². The van der Waals surface area contributed by atoms with Gasteiger partial charge < -0.3 is 14.8 Å². The van der Waals surface area contributed by atoms with Crippen LogP contribution in [0, 0.1) is 11.3 Å². The summed E-state index contributed by atoms with van der Waals surface area (Å²) in [5.41, 5.74) is 2.39. The second kappa shape index (κ2) is 9.21. The Morgan fingerprint density at radius 1 is 1.16 bits per heavy atom. The second-order valence-electron chi connectivity index (χ2n) is 9.26. The molecule has 3 aromatic rings. The number of amides is 2. The zero-order valence-corrected chi connectivity index (χ0v) is 21.7. The second-order valence-corrected chi connectivity index (χ2v) is 10.1. The number of anilines is 4. The summed E-state index contributed by atoms with van der Waals surface area (Å²) in [6, 6.07) is 15.3. The average molecular weight is 562 g/mol. The van der Waals surface area contributed by atoms with Crippen molar-refractivity contribution in [2.45, 2.75) is 25.2 Å². The number of hydrogen-bond acceptors (Lipinski definition) is 8. The van der Waals surface area contributed by atoms with Crippen LogP contribution in [0.4, 0.5) is 27.9 Å². The van der Waals surface area contributed by atoms with Gasteiger partial charge in [-0.3, -0.25) is 14.7 Å². The van der Waals surface area contributed by atoms with Crippen LogP contribution in [-0.2, 0) is 6.54 Å². The minimum absolute atomic E-state index is 0.168. The smallest absolute Gasteiger partial charge is 0.330 e. The number of urea groups is 1. The van der Waals surface area contributed by atoms with E-state index in [-0.39, 0.29) is 6.03 Å². The summed E-state index contributed by atoms with van der Waals surface area (Å²) in [6.45, 7) is 2.29. The molecule has 0 atom stereocenters. The van der Waals surface area contributed by atoms with Gasteiger partial charge in [-0.2, -0.15) is 10.2 Å². The lowest BCUT2D eigenvalue weighted by molar-refractivity contribution is -0.117. The highest BCUT2D eigenvalue weighted by Crippen LogP contribution is 2.45. The van der Waals surface area contributed by atoms with Crippen LogP contribution in [0.2, 0.25) is 0 Å². The molecular weight excluding hydrogens is 538 g/mol. The summed E-state index contributed by atoms with van der Waals surface area (Å²) in [7, 11) is 1.71. The zero-order valence-electron chi connectivity index (χ0n) is 20.1. The van der Waals surface area contributed by atoms with Crippen LogP contribution in [0.5, 0.6) is 11.5 Å². The number of nitrogens with one attached hydrogen (secondary N) is 1. The number of para-hydroxylation sites is 1.